The number of nitrogens with zero attached hydrogens (tertiary/aromatic N) is 1. The van der Waals surface area contributed by atoms with E-state index in [1.165, 1.54) is 18.0 Å². The van der Waals surface area contributed by atoms with Gasteiger partial charge in [-0.3, -0.25) is 9.59 Å². The number of carbonyl (C=O) groups excluding carboxylic acids is 2. The number of hydrogen-bond donors (Lipinski definition) is 1. The molecule has 3 aromatic carbocycles. The Hall–Kier alpha value is -3.67. The van der Waals surface area contributed by atoms with Crippen LogP contribution in [0.3, 0.4) is 0 Å². The molecule has 6 heteroatoms. The zero-order valence-electron chi connectivity index (χ0n) is 20.8. The van der Waals surface area contributed by atoms with E-state index in [1.807, 2.05) is 54.6 Å². The first-order valence-electron chi connectivity index (χ1n) is 11.7. The van der Waals surface area contributed by atoms with E-state index in [4.69, 9.17) is 4.74 Å². The number of amides is 2. The number of carbonyl (C=O) groups is 2. The van der Waals surface area contributed by atoms with Crippen LogP contribution in [-0.2, 0) is 28.0 Å². The van der Waals surface area contributed by atoms with Crippen molar-refractivity contribution in [3.8, 4) is 5.75 Å². The van der Waals surface area contributed by atoms with Crippen molar-refractivity contribution in [2.75, 3.05) is 13.7 Å². The van der Waals surface area contributed by atoms with Gasteiger partial charge >= 0.3 is 0 Å². The molecule has 0 bridgehead atoms. The molecule has 0 saturated heterocycles. The summed E-state index contributed by atoms with van der Waals surface area (Å²) in [6.45, 7) is 6.05. The van der Waals surface area contributed by atoms with E-state index in [9.17, 15) is 14.0 Å². The van der Waals surface area contributed by atoms with E-state index in [0.717, 1.165) is 11.1 Å². The van der Waals surface area contributed by atoms with Crippen molar-refractivity contribution in [3.05, 3.63) is 101 Å². The molecular weight excluding hydrogens is 443 g/mol. The second kappa shape index (κ2) is 11.6. The maximum absolute atomic E-state index is 14.5. The van der Waals surface area contributed by atoms with Gasteiger partial charge in [0.15, 0.2) is 6.61 Å². The van der Waals surface area contributed by atoms with Crippen molar-refractivity contribution in [1.82, 2.24) is 10.2 Å². The molecule has 0 aromatic heterocycles. The van der Waals surface area contributed by atoms with Gasteiger partial charge in [0.25, 0.3) is 5.91 Å². The predicted octanol–water partition coefficient (Wildman–Crippen LogP) is 4.89. The Labute approximate surface area is 206 Å². The number of ether oxygens (including phenoxy) is 1. The van der Waals surface area contributed by atoms with Gasteiger partial charge in [-0.05, 0) is 34.7 Å². The highest BCUT2D eigenvalue weighted by Crippen LogP contribution is 2.24. The van der Waals surface area contributed by atoms with Crippen LogP contribution >= 0.6 is 0 Å². The fourth-order valence-electron chi connectivity index (χ4n) is 3.81. The third kappa shape index (κ3) is 7.15. The van der Waals surface area contributed by atoms with Crippen molar-refractivity contribution in [2.45, 2.75) is 45.2 Å². The van der Waals surface area contributed by atoms with Crippen LogP contribution in [0.2, 0.25) is 0 Å². The van der Waals surface area contributed by atoms with E-state index in [1.54, 1.807) is 18.2 Å². The minimum absolute atomic E-state index is 0.00305. The molecule has 1 N–H and O–H groups in total. The van der Waals surface area contributed by atoms with E-state index in [-0.39, 0.29) is 24.5 Å². The topological polar surface area (TPSA) is 58.6 Å². The van der Waals surface area contributed by atoms with Crippen LogP contribution in [0, 0.1) is 5.82 Å². The summed E-state index contributed by atoms with van der Waals surface area (Å²) in [5.41, 5.74) is 2.38. The molecule has 1 atom stereocenters. The van der Waals surface area contributed by atoms with Crippen LogP contribution in [-0.4, -0.2) is 36.4 Å². The van der Waals surface area contributed by atoms with E-state index in [0.29, 0.717) is 17.7 Å². The smallest absolute Gasteiger partial charge is 0.261 e. The lowest BCUT2D eigenvalue weighted by Gasteiger charge is -2.31. The highest BCUT2D eigenvalue weighted by atomic mass is 19.1. The van der Waals surface area contributed by atoms with Gasteiger partial charge in [0.05, 0.1) is 0 Å². The molecule has 184 valence electrons. The van der Waals surface area contributed by atoms with Crippen molar-refractivity contribution in [1.29, 1.82) is 0 Å². The van der Waals surface area contributed by atoms with Crippen molar-refractivity contribution < 1.29 is 18.7 Å². The summed E-state index contributed by atoms with van der Waals surface area (Å²) in [6.07, 6.45) is 0.293. The summed E-state index contributed by atoms with van der Waals surface area (Å²) in [5.74, 6) is -0.609. The Morgan fingerprint density at radius 2 is 1.57 bits per heavy atom. The first-order chi connectivity index (χ1) is 16.7. The number of hydrogen-bond acceptors (Lipinski definition) is 3. The maximum Gasteiger partial charge on any atom is 0.261 e. The second-order valence-electron chi connectivity index (χ2n) is 9.50. The van der Waals surface area contributed by atoms with Crippen LogP contribution in [0.5, 0.6) is 5.75 Å². The van der Waals surface area contributed by atoms with Crippen LogP contribution in [0.25, 0.3) is 0 Å². The second-order valence-corrected chi connectivity index (χ2v) is 9.50. The van der Waals surface area contributed by atoms with Crippen molar-refractivity contribution in [2.24, 2.45) is 0 Å². The van der Waals surface area contributed by atoms with Crippen LogP contribution < -0.4 is 10.1 Å². The lowest BCUT2D eigenvalue weighted by Crippen LogP contribution is -2.51. The first kappa shape index (κ1) is 25.9. The third-order valence-corrected chi connectivity index (χ3v) is 5.90. The van der Waals surface area contributed by atoms with E-state index >= 15 is 0 Å². The van der Waals surface area contributed by atoms with Crippen LogP contribution in [0.1, 0.15) is 37.5 Å². The zero-order valence-corrected chi connectivity index (χ0v) is 20.8. The highest BCUT2D eigenvalue weighted by Gasteiger charge is 2.30. The minimum Gasteiger partial charge on any atom is -0.484 e. The molecule has 0 spiro atoms. The van der Waals surface area contributed by atoms with E-state index in [2.05, 4.69) is 26.1 Å². The average molecular weight is 477 g/mol. The van der Waals surface area contributed by atoms with Crippen LogP contribution in [0.15, 0.2) is 78.9 Å². The van der Waals surface area contributed by atoms with Gasteiger partial charge in [-0.1, -0.05) is 81.4 Å². The third-order valence-electron chi connectivity index (χ3n) is 5.90. The molecule has 0 unspecified atom stereocenters. The zero-order chi connectivity index (χ0) is 25.4. The van der Waals surface area contributed by atoms with Gasteiger partial charge in [-0.25, -0.2) is 4.39 Å². The quantitative estimate of drug-likeness (QED) is 0.479. The lowest BCUT2D eigenvalue weighted by atomic mass is 9.87. The summed E-state index contributed by atoms with van der Waals surface area (Å²) in [4.78, 5) is 27.7. The lowest BCUT2D eigenvalue weighted by molar-refractivity contribution is -0.142. The molecule has 0 heterocycles. The summed E-state index contributed by atoms with van der Waals surface area (Å²) < 4.78 is 20.3. The monoisotopic (exact) mass is 476 g/mol. The highest BCUT2D eigenvalue weighted by molar-refractivity contribution is 5.88. The summed E-state index contributed by atoms with van der Waals surface area (Å²) in [6, 6.07) is 22.5. The molecule has 5 nitrogen and oxygen atoms in total. The molecule has 0 saturated carbocycles. The number of likely N-dealkylation sites (N-methyl/N-ethyl adjacent to an activating group) is 1. The Balaban J connectivity index is 1.85. The Kier molecular flexibility index (Phi) is 8.63. The Morgan fingerprint density at radius 3 is 2.17 bits per heavy atom. The van der Waals surface area contributed by atoms with Crippen molar-refractivity contribution in [3.63, 3.8) is 0 Å². The Bertz CT molecular complexity index is 1120. The van der Waals surface area contributed by atoms with E-state index < -0.39 is 17.8 Å². The number of halogens is 1. The van der Waals surface area contributed by atoms with Crippen molar-refractivity contribution >= 4 is 11.8 Å². The van der Waals surface area contributed by atoms with Gasteiger partial charge in [-0.2, -0.15) is 0 Å². The molecule has 0 aliphatic rings. The SMILES string of the molecule is CNC(=O)[C@H](Cc1ccccc1)N(Cc1ccccc1F)C(=O)COc1ccc(C(C)(C)C)cc1. The van der Waals surface area contributed by atoms with Gasteiger partial charge < -0.3 is 15.0 Å². The van der Waals surface area contributed by atoms with Crippen LogP contribution in [0.4, 0.5) is 4.39 Å². The fourth-order valence-corrected chi connectivity index (χ4v) is 3.81. The fraction of sp³-hybridized carbons (Fsp3) is 0.310. The standard InChI is InChI=1S/C29H33FN2O3/c1-29(2,3)23-14-16-24(17-15-23)35-20-27(33)32(19-22-12-8-9-13-25(22)30)26(28(34)31-4)18-21-10-6-5-7-11-21/h5-17,26H,18-20H2,1-4H3,(H,31,34)/t26-/m0/s1. The molecule has 0 radical (unpaired) electrons. The number of rotatable bonds is 9. The number of benzene rings is 3. The molecule has 3 aromatic rings. The first-order valence-corrected chi connectivity index (χ1v) is 11.7. The largest absolute Gasteiger partial charge is 0.484 e. The van der Waals surface area contributed by atoms with Gasteiger partial charge in [-0.15, -0.1) is 0 Å². The molecule has 2 amide bonds. The predicted molar refractivity (Wildman–Crippen MR) is 136 cm³/mol. The molecule has 0 fully saturated rings. The van der Waals surface area contributed by atoms with Gasteiger partial charge in [0.1, 0.15) is 17.6 Å². The normalized spacial score (nSPS) is 12.0. The minimum atomic E-state index is -0.832. The molecule has 3 rings (SSSR count). The maximum atomic E-state index is 14.5. The summed E-state index contributed by atoms with van der Waals surface area (Å²) in [7, 11) is 1.53. The number of nitrogens with one attached hydrogen (secondary N) is 1. The molecule has 0 aliphatic carbocycles. The molecular formula is C29H33FN2O3. The Morgan fingerprint density at radius 1 is 0.943 bits per heavy atom. The molecule has 35 heavy (non-hydrogen) atoms. The van der Waals surface area contributed by atoms with Gasteiger partial charge in [0.2, 0.25) is 5.91 Å². The average Bonchev–Trinajstić information content (AvgIpc) is 2.85. The summed E-state index contributed by atoms with van der Waals surface area (Å²) >= 11 is 0. The van der Waals surface area contributed by atoms with Gasteiger partial charge in [0, 0.05) is 25.6 Å². The molecule has 0 aliphatic heterocycles. The summed E-state index contributed by atoms with van der Waals surface area (Å²) in [5, 5.41) is 2.65.